The summed E-state index contributed by atoms with van der Waals surface area (Å²) in [7, 11) is 0. The maximum Gasteiger partial charge on any atom is 0.227 e. The molecule has 1 amide bonds. The number of amides is 1. The lowest BCUT2D eigenvalue weighted by atomic mass is 9.96. The first-order valence-corrected chi connectivity index (χ1v) is 13.0. The van der Waals surface area contributed by atoms with Crippen LogP contribution in [0.2, 0.25) is 5.02 Å². The molecule has 2 aliphatic heterocycles. The van der Waals surface area contributed by atoms with Gasteiger partial charge in [0.25, 0.3) is 0 Å². The third kappa shape index (κ3) is 5.02. The summed E-state index contributed by atoms with van der Waals surface area (Å²) in [4.78, 5) is 24.9. The molecule has 2 saturated heterocycles. The Morgan fingerprint density at radius 2 is 1.89 bits per heavy atom. The first-order valence-electron chi connectivity index (χ1n) is 12.6. The summed E-state index contributed by atoms with van der Waals surface area (Å²) in [5.41, 5.74) is 3.10. The highest BCUT2D eigenvalue weighted by Gasteiger charge is 2.32. The van der Waals surface area contributed by atoms with Gasteiger partial charge in [0.1, 0.15) is 11.6 Å². The van der Waals surface area contributed by atoms with Gasteiger partial charge in [0.15, 0.2) is 0 Å². The molecular formula is C27H33ClFN5O. The third-order valence-electron chi connectivity index (χ3n) is 7.26. The standard InChI is InChI=1S/C27H33ClFN5O/c1-19(2)34-25-8-4-3-7-24(25)30-26(34)18-31-11-5-6-20(17-31)27(35)33-14-12-32(13-15-33)21-9-10-23(29)22(28)16-21/h3-4,7-10,16,19-20H,5-6,11-15,17-18H2,1-2H3/t20-/m1/s1. The number of imidazole rings is 1. The number of nitrogens with zero attached hydrogens (tertiary/aromatic N) is 5. The molecule has 0 bridgehead atoms. The quantitative estimate of drug-likeness (QED) is 0.499. The van der Waals surface area contributed by atoms with Crippen LogP contribution in [0.25, 0.3) is 11.0 Å². The second-order valence-corrected chi connectivity index (χ2v) is 10.4. The number of carbonyl (C=O) groups is 1. The average molecular weight is 498 g/mol. The molecule has 0 radical (unpaired) electrons. The van der Waals surface area contributed by atoms with E-state index >= 15 is 0 Å². The number of piperazine rings is 1. The number of benzene rings is 2. The maximum atomic E-state index is 13.5. The highest BCUT2D eigenvalue weighted by molar-refractivity contribution is 6.31. The van der Waals surface area contributed by atoms with Crippen molar-refractivity contribution in [2.75, 3.05) is 44.2 Å². The molecule has 186 valence electrons. The van der Waals surface area contributed by atoms with Gasteiger partial charge in [-0.3, -0.25) is 9.69 Å². The van der Waals surface area contributed by atoms with E-state index in [4.69, 9.17) is 16.6 Å². The number of rotatable bonds is 5. The van der Waals surface area contributed by atoms with Gasteiger partial charge in [-0.2, -0.15) is 0 Å². The fraction of sp³-hybridized carbons (Fsp3) is 0.481. The van der Waals surface area contributed by atoms with Gasteiger partial charge < -0.3 is 14.4 Å². The number of carbonyl (C=O) groups excluding carboxylic acids is 1. The highest BCUT2D eigenvalue weighted by atomic mass is 35.5. The first kappa shape index (κ1) is 24.1. The van der Waals surface area contributed by atoms with Crippen molar-refractivity contribution in [3.05, 3.63) is 59.1 Å². The number of hydrogen-bond donors (Lipinski definition) is 0. The lowest BCUT2D eigenvalue weighted by Gasteiger charge is -2.39. The summed E-state index contributed by atoms with van der Waals surface area (Å²) in [5.74, 6) is 0.937. The van der Waals surface area contributed by atoms with Crippen LogP contribution in [-0.4, -0.2) is 64.5 Å². The normalized spacial score (nSPS) is 19.6. The minimum Gasteiger partial charge on any atom is -0.368 e. The van der Waals surface area contributed by atoms with Crippen molar-refractivity contribution in [2.24, 2.45) is 5.92 Å². The van der Waals surface area contributed by atoms with E-state index in [2.05, 4.69) is 46.4 Å². The van der Waals surface area contributed by atoms with E-state index in [-0.39, 0.29) is 16.8 Å². The van der Waals surface area contributed by atoms with Crippen LogP contribution in [0.1, 0.15) is 38.6 Å². The molecule has 0 aliphatic carbocycles. The predicted octanol–water partition coefficient (Wildman–Crippen LogP) is 4.97. The van der Waals surface area contributed by atoms with Crippen LogP contribution in [0.5, 0.6) is 0 Å². The molecule has 0 N–H and O–H groups in total. The van der Waals surface area contributed by atoms with Gasteiger partial charge in [-0.05, 0) is 63.6 Å². The number of aromatic nitrogens is 2. The number of fused-ring (bicyclic) bond motifs is 1. The van der Waals surface area contributed by atoms with Crippen LogP contribution < -0.4 is 4.90 Å². The number of hydrogen-bond acceptors (Lipinski definition) is 4. The second-order valence-electron chi connectivity index (χ2n) is 9.97. The van der Waals surface area contributed by atoms with Crippen LogP contribution >= 0.6 is 11.6 Å². The van der Waals surface area contributed by atoms with Crippen molar-refractivity contribution in [1.29, 1.82) is 0 Å². The number of anilines is 1. The van der Waals surface area contributed by atoms with Gasteiger partial charge >= 0.3 is 0 Å². The predicted molar refractivity (Wildman–Crippen MR) is 138 cm³/mol. The fourth-order valence-electron chi connectivity index (χ4n) is 5.51. The summed E-state index contributed by atoms with van der Waals surface area (Å²) in [5, 5.41) is 0.134. The highest BCUT2D eigenvalue weighted by Crippen LogP contribution is 2.27. The minimum absolute atomic E-state index is 0.0208. The molecule has 2 fully saturated rings. The maximum absolute atomic E-state index is 13.5. The molecule has 3 heterocycles. The first-order chi connectivity index (χ1) is 16.9. The van der Waals surface area contributed by atoms with Crippen molar-refractivity contribution in [2.45, 2.75) is 39.3 Å². The molecule has 0 unspecified atom stereocenters. The summed E-state index contributed by atoms with van der Waals surface area (Å²) >= 11 is 5.96. The van der Waals surface area contributed by atoms with E-state index < -0.39 is 5.82 Å². The van der Waals surface area contributed by atoms with Gasteiger partial charge in [-0.1, -0.05) is 23.7 Å². The van der Waals surface area contributed by atoms with E-state index in [1.807, 2.05) is 11.0 Å². The number of likely N-dealkylation sites (tertiary alicyclic amines) is 1. The van der Waals surface area contributed by atoms with E-state index in [0.29, 0.717) is 19.1 Å². The molecule has 8 heteroatoms. The van der Waals surface area contributed by atoms with E-state index in [1.54, 1.807) is 12.1 Å². The molecular weight excluding hydrogens is 465 g/mol. The molecule has 0 saturated carbocycles. The van der Waals surface area contributed by atoms with Crippen molar-refractivity contribution >= 4 is 34.2 Å². The van der Waals surface area contributed by atoms with Crippen LogP contribution in [0, 0.1) is 11.7 Å². The molecule has 35 heavy (non-hydrogen) atoms. The average Bonchev–Trinajstić information content (AvgIpc) is 3.23. The third-order valence-corrected chi connectivity index (χ3v) is 7.55. The van der Waals surface area contributed by atoms with Crippen LogP contribution in [0.3, 0.4) is 0 Å². The van der Waals surface area contributed by atoms with Gasteiger partial charge in [-0.15, -0.1) is 0 Å². The second kappa shape index (κ2) is 10.2. The van der Waals surface area contributed by atoms with Crippen molar-refractivity contribution in [3.8, 4) is 0 Å². The summed E-state index contributed by atoms with van der Waals surface area (Å²) in [6, 6.07) is 13.4. The Bertz CT molecular complexity index is 1200. The van der Waals surface area contributed by atoms with Crippen molar-refractivity contribution < 1.29 is 9.18 Å². The van der Waals surface area contributed by atoms with Gasteiger partial charge in [0, 0.05) is 44.5 Å². The zero-order chi connectivity index (χ0) is 24.5. The Morgan fingerprint density at radius 3 is 2.63 bits per heavy atom. The van der Waals surface area contributed by atoms with Gasteiger partial charge in [-0.25, -0.2) is 9.37 Å². The number of halogens is 2. The van der Waals surface area contributed by atoms with E-state index in [1.165, 1.54) is 11.6 Å². The smallest absolute Gasteiger partial charge is 0.227 e. The summed E-state index contributed by atoms with van der Waals surface area (Å²) in [6.45, 7) is 9.71. The molecule has 0 spiro atoms. The zero-order valence-corrected chi connectivity index (χ0v) is 21.2. The molecule has 2 aliphatic rings. The molecule has 2 aromatic carbocycles. The Labute approximate surface area is 211 Å². The largest absolute Gasteiger partial charge is 0.368 e. The van der Waals surface area contributed by atoms with Gasteiger partial charge in [0.2, 0.25) is 5.91 Å². The Morgan fingerprint density at radius 1 is 1.11 bits per heavy atom. The molecule has 6 nitrogen and oxygen atoms in total. The Kier molecular flexibility index (Phi) is 6.98. The fourth-order valence-corrected chi connectivity index (χ4v) is 5.68. The molecule has 1 atom stereocenters. The lowest BCUT2D eigenvalue weighted by Crippen LogP contribution is -2.52. The lowest BCUT2D eigenvalue weighted by molar-refractivity contribution is -0.137. The molecule has 1 aromatic heterocycles. The van der Waals surface area contributed by atoms with Crippen molar-refractivity contribution in [1.82, 2.24) is 19.4 Å². The van der Waals surface area contributed by atoms with Crippen LogP contribution in [-0.2, 0) is 11.3 Å². The van der Waals surface area contributed by atoms with Crippen LogP contribution in [0.15, 0.2) is 42.5 Å². The SMILES string of the molecule is CC(C)n1c(CN2CCC[C@@H](C(=O)N3CCN(c4ccc(F)c(Cl)c4)CC3)C2)nc2ccccc21. The number of para-hydroxylation sites is 2. The monoisotopic (exact) mass is 497 g/mol. The molecule has 5 rings (SSSR count). The van der Waals surface area contributed by atoms with E-state index in [0.717, 1.165) is 62.6 Å². The topological polar surface area (TPSA) is 44.6 Å². The van der Waals surface area contributed by atoms with Crippen molar-refractivity contribution in [3.63, 3.8) is 0 Å². The zero-order valence-electron chi connectivity index (χ0n) is 20.5. The Hall–Kier alpha value is -2.64. The summed E-state index contributed by atoms with van der Waals surface area (Å²) in [6.07, 6.45) is 1.95. The van der Waals surface area contributed by atoms with E-state index in [9.17, 15) is 9.18 Å². The Balaban J connectivity index is 1.21. The van der Waals surface area contributed by atoms with Crippen LogP contribution in [0.4, 0.5) is 10.1 Å². The summed E-state index contributed by atoms with van der Waals surface area (Å²) < 4.78 is 15.8. The number of piperidine rings is 1. The van der Waals surface area contributed by atoms with Gasteiger partial charge in [0.05, 0.1) is 28.5 Å². The minimum atomic E-state index is -0.407. The molecule has 3 aromatic rings.